The standard InChI is InChI=1S/C14H11ClO2/c1-9-7-11(15)8-12(13(9)16)14(17)10-5-3-2-4-6-10/h2-8,16H,1H3. The van der Waals surface area contributed by atoms with E-state index in [1.807, 2.05) is 6.07 Å². The first-order valence-electron chi connectivity index (χ1n) is 5.18. The number of aromatic hydroxyl groups is 1. The summed E-state index contributed by atoms with van der Waals surface area (Å²) in [5, 5.41) is 10.3. The van der Waals surface area contributed by atoms with Gasteiger partial charge in [-0.2, -0.15) is 0 Å². The number of rotatable bonds is 2. The smallest absolute Gasteiger partial charge is 0.196 e. The van der Waals surface area contributed by atoms with Crippen LogP contribution in [-0.2, 0) is 0 Å². The minimum absolute atomic E-state index is 0.0109. The summed E-state index contributed by atoms with van der Waals surface area (Å²) in [5.41, 5.74) is 1.36. The van der Waals surface area contributed by atoms with Gasteiger partial charge in [0.05, 0.1) is 5.56 Å². The second-order valence-electron chi connectivity index (χ2n) is 3.81. The van der Waals surface area contributed by atoms with E-state index in [1.54, 1.807) is 37.3 Å². The van der Waals surface area contributed by atoms with Crippen LogP contribution in [0.3, 0.4) is 0 Å². The van der Waals surface area contributed by atoms with E-state index in [9.17, 15) is 9.90 Å². The third-order valence-corrected chi connectivity index (χ3v) is 2.76. The van der Waals surface area contributed by atoms with E-state index in [0.29, 0.717) is 16.1 Å². The normalized spacial score (nSPS) is 10.2. The topological polar surface area (TPSA) is 37.3 Å². The van der Waals surface area contributed by atoms with Crippen molar-refractivity contribution < 1.29 is 9.90 Å². The van der Waals surface area contributed by atoms with Crippen LogP contribution < -0.4 is 0 Å². The molecule has 2 nitrogen and oxygen atoms in total. The maximum Gasteiger partial charge on any atom is 0.196 e. The van der Waals surface area contributed by atoms with E-state index >= 15 is 0 Å². The average molecular weight is 247 g/mol. The van der Waals surface area contributed by atoms with Gasteiger partial charge in [0.2, 0.25) is 0 Å². The van der Waals surface area contributed by atoms with Crippen molar-refractivity contribution in [3.63, 3.8) is 0 Å². The Hall–Kier alpha value is -1.80. The number of ketones is 1. The summed E-state index contributed by atoms with van der Waals surface area (Å²) in [6.07, 6.45) is 0. The molecule has 0 fully saturated rings. The molecule has 0 unspecified atom stereocenters. The molecule has 0 atom stereocenters. The zero-order chi connectivity index (χ0) is 12.4. The summed E-state index contributed by atoms with van der Waals surface area (Å²) in [6.45, 7) is 1.71. The van der Waals surface area contributed by atoms with Crippen molar-refractivity contribution in [2.75, 3.05) is 0 Å². The van der Waals surface area contributed by atoms with Crippen LogP contribution in [0.25, 0.3) is 0 Å². The molecule has 2 rings (SSSR count). The van der Waals surface area contributed by atoms with E-state index < -0.39 is 0 Å². The molecule has 2 aromatic carbocycles. The van der Waals surface area contributed by atoms with Gasteiger partial charge in [-0.05, 0) is 24.6 Å². The molecular weight excluding hydrogens is 236 g/mol. The first kappa shape index (κ1) is 11.7. The highest BCUT2D eigenvalue weighted by Gasteiger charge is 2.15. The van der Waals surface area contributed by atoms with Crippen LogP contribution >= 0.6 is 11.6 Å². The highest BCUT2D eigenvalue weighted by Crippen LogP contribution is 2.28. The zero-order valence-electron chi connectivity index (χ0n) is 9.27. The number of carbonyl (C=O) groups is 1. The van der Waals surface area contributed by atoms with E-state index in [0.717, 1.165) is 0 Å². The van der Waals surface area contributed by atoms with Crippen LogP contribution in [0, 0.1) is 6.92 Å². The number of benzene rings is 2. The lowest BCUT2D eigenvalue weighted by atomic mass is 10.0. The Morgan fingerprint density at radius 1 is 1.18 bits per heavy atom. The van der Waals surface area contributed by atoms with E-state index in [4.69, 9.17) is 11.6 Å². The molecule has 0 saturated heterocycles. The summed E-state index contributed by atoms with van der Waals surface area (Å²) in [6, 6.07) is 11.9. The van der Waals surface area contributed by atoms with Crippen molar-refractivity contribution in [3.05, 3.63) is 64.2 Å². The molecule has 0 aromatic heterocycles. The second-order valence-corrected chi connectivity index (χ2v) is 4.25. The summed E-state index contributed by atoms with van der Waals surface area (Å²) in [5.74, 6) is -0.239. The Kier molecular flexibility index (Phi) is 3.16. The quantitative estimate of drug-likeness (QED) is 0.823. The van der Waals surface area contributed by atoms with Crippen molar-refractivity contribution >= 4 is 17.4 Å². The zero-order valence-corrected chi connectivity index (χ0v) is 10.0. The molecule has 0 aliphatic carbocycles. The van der Waals surface area contributed by atoms with Crippen LogP contribution in [0.15, 0.2) is 42.5 Å². The molecule has 3 heteroatoms. The molecule has 1 N–H and O–H groups in total. The molecule has 2 aromatic rings. The highest BCUT2D eigenvalue weighted by molar-refractivity contribution is 6.31. The number of phenols is 1. The number of phenolic OH excluding ortho intramolecular Hbond substituents is 1. The summed E-state index contributed by atoms with van der Waals surface area (Å²) < 4.78 is 0. The number of hydrogen-bond acceptors (Lipinski definition) is 2. The van der Waals surface area contributed by atoms with Gasteiger partial charge in [0.15, 0.2) is 5.78 Å². The van der Waals surface area contributed by atoms with Crippen LogP contribution in [-0.4, -0.2) is 10.9 Å². The van der Waals surface area contributed by atoms with Crippen molar-refractivity contribution in [3.8, 4) is 5.75 Å². The lowest BCUT2D eigenvalue weighted by molar-refractivity contribution is 0.103. The lowest BCUT2D eigenvalue weighted by Gasteiger charge is -2.07. The van der Waals surface area contributed by atoms with Crippen LogP contribution in [0.1, 0.15) is 21.5 Å². The molecule has 0 radical (unpaired) electrons. The molecule has 17 heavy (non-hydrogen) atoms. The molecule has 0 spiro atoms. The predicted octanol–water partition coefficient (Wildman–Crippen LogP) is 3.59. The van der Waals surface area contributed by atoms with E-state index in [-0.39, 0.29) is 17.1 Å². The van der Waals surface area contributed by atoms with E-state index in [2.05, 4.69) is 0 Å². The molecule has 0 saturated carbocycles. The first-order valence-corrected chi connectivity index (χ1v) is 5.56. The maximum absolute atomic E-state index is 12.2. The van der Waals surface area contributed by atoms with Gasteiger partial charge in [-0.25, -0.2) is 0 Å². The predicted molar refractivity (Wildman–Crippen MR) is 67.7 cm³/mol. The van der Waals surface area contributed by atoms with Crippen LogP contribution in [0.2, 0.25) is 5.02 Å². The maximum atomic E-state index is 12.2. The Balaban J connectivity index is 2.52. The minimum atomic E-state index is -0.228. The Morgan fingerprint density at radius 2 is 1.82 bits per heavy atom. The average Bonchev–Trinajstić information content (AvgIpc) is 2.34. The highest BCUT2D eigenvalue weighted by atomic mass is 35.5. The lowest BCUT2D eigenvalue weighted by Crippen LogP contribution is -2.02. The fourth-order valence-electron chi connectivity index (χ4n) is 1.65. The molecule has 0 amide bonds. The minimum Gasteiger partial charge on any atom is -0.507 e. The fourth-order valence-corrected chi connectivity index (χ4v) is 1.93. The Labute approximate surface area is 104 Å². The van der Waals surface area contributed by atoms with Crippen molar-refractivity contribution in [1.82, 2.24) is 0 Å². The fraction of sp³-hybridized carbons (Fsp3) is 0.0714. The molecule has 0 heterocycles. The molecule has 86 valence electrons. The van der Waals surface area contributed by atoms with Crippen molar-refractivity contribution in [2.45, 2.75) is 6.92 Å². The van der Waals surface area contributed by atoms with Gasteiger partial charge < -0.3 is 5.11 Å². The molecule has 0 bridgehead atoms. The molecule has 0 aliphatic rings. The van der Waals surface area contributed by atoms with Crippen molar-refractivity contribution in [1.29, 1.82) is 0 Å². The Bertz CT molecular complexity index is 562. The third-order valence-electron chi connectivity index (χ3n) is 2.55. The monoisotopic (exact) mass is 246 g/mol. The summed E-state index contributed by atoms with van der Waals surface area (Å²) >= 11 is 5.89. The third kappa shape index (κ3) is 2.32. The van der Waals surface area contributed by atoms with Crippen LogP contribution in [0.5, 0.6) is 5.75 Å². The number of aryl methyl sites for hydroxylation is 1. The second kappa shape index (κ2) is 4.60. The number of carbonyl (C=O) groups excluding carboxylic acids is 1. The van der Waals surface area contributed by atoms with Gasteiger partial charge in [-0.1, -0.05) is 41.9 Å². The molecular formula is C14H11ClO2. The van der Waals surface area contributed by atoms with Gasteiger partial charge in [0, 0.05) is 10.6 Å². The number of hydrogen-bond donors (Lipinski definition) is 1. The molecule has 0 aliphatic heterocycles. The first-order chi connectivity index (χ1) is 8.09. The SMILES string of the molecule is Cc1cc(Cl)cc(C(=O)c2ccccc2)c1O. The van der Waals surface area contributed by atoms with Gasteiger partial charge in [-0.3, -0.25) is 4.79 Å². The largest absolute Gasteiger partial charge is 0.507 e. The van der Waals surface area contributed by atoms with Gasteiger partial charge in [0.1, 0.15) is 5.75 Å². The van der Waals surface area contributed by atoms with E-state index in [1.165, 1.54) is 6.07 Å². The van der Waals surface area contributed by atoms with Crippen molar-refractivity contribution in [2.24, 2.45) is 0 Å². The summed E-state index contributed by atoms with van der Waals surface area (Å²) in [4.78, 5) is 12.2. The summed E-state index contributed by atoms with van der Waals surface area (Å²) in [7, 11) is 0. The van der Waals surface area contributed by atoms with Gasteiger partial charge >= 0.3 is 0 Å². The van der Waals surface area contributed by atoms with Gasteiger partial charge in [0.25, 0.3) is 0 Å². The van der Waals surface area contributed by atoms with Gasteiger partial charge in [-0.15, -0.1) is 0 Å². The Morgan fingerprint density at radius 3 is 2.47 bits per heavy atom. The number of halogens is 1. The van der Waals surface area contributed by atoms with Crippen LogP contribution in [0.4, 0.5) is 0 Å².